The zero-order chi connectivity index (χ0) is 18.4. The first-order valence-electron chi connectivity index (χ1n) is 10.4. The quantitative estimate of drug-likeness (QED) is 0.455. The van der Waals surface area contributed by atoms with Crippen LogP contribution < -0.4 is 11.5 Å². The summed E-state index contributed by atoms with van der Waals surface area (Å²) in [5.41, 5.74) is 17.7. The summed E-state index contributed by atoms with van der Waals surface area (Å²) < 4.78 is 0. The molecule has 0 radical (unpaired) electrons. The number of rotatable bonds is 7. The molecule has 1 saturated carbocycles. The summed E-state index contributed by atoms with van der Waals surface area (Å²) in [7, 11) is 0. The zero-order valence-corrected chi connectivity index (χ0v) is 16.2. The molecule has 3 rings (SSSR count). The first-order valence-corrected chi connectivity index (χ1v) is 10.4. The molecule has 0 aliphatic heterocycles. The van der Waals surface area contributed by atoms with Gasteiger partial charge < -0.3 is 11.5 Å². The van der Waals surface area contributed by atoms with Crippen molar-refractivity contribution in [1.82, 2.24) is 0 Å². The maximum absolute atomic E-state index is 6.14. The third-order valence-electron chi connectivity index (χ3n) is 6.11. The van der Waals surface area contributed by atoms with E-state index in [4.69, 9.17) is 11.5 Å². The molecule has 2 aromatic carbocycles. The summed E-state index contributed by atoms with van der Waals surface area (Å²) in [6.07, 6.45) is 11.9. The lowest BCUT2D eigenvalue weighted by Gasteiger charge is -2.29. The highest BCUT2D eigenvalue weighted by atomic mass is 14.6. The predicted molar refractivity (Wildman–Crippen MR) is 113 cm³/mol. The Morgan fingerprint density at radius 2 is 1.58 bits per heavy atom. The van der Waals surface area contributed by atoms with E-state index in [1.54, 1.807) is 0 Å². The molecular formula is C24H34N2. The van der Waals surface area contributed by atoms with Gasteiger partial charge in [-0.3, -0.25) is 0 Å². The molecule has 0 unspecified atom stereocenters. The number of hydrogen-bond acceptors (Lipinski definition) is 2. The first kappa shape index (κ1) is 18.8. The molecule has 1 fully saturated rings. The molecule has 2 aromatic rings. The first-order chi connectivity index (χ1) is 12.7. The monoisotopic (exact) mass is 350 g/mol. The van der Waals surface area contributed by atoms with Crippen LogP contribution in [0.2, 0.25) is 0 Å². The van der Waals surface area contributed by atoms with Crippen LogP contribution in [0, 0.1) is 5.92 Å². The maximum atomic E-state index is 6.14. The van der Waals surface area contributed by atoms with Crippen molar-refractivity contribution in [3.63, 3.8) is 0 Å². The van der Waals surface area contributed by atoms with Gasteiger partial charge in [-0.25, -0.2) is 0 Å². The zero-order valence-electron chi connectivity index (χ0n) is 16.2. The van der Waals surface area contributed by atoms with Crippen molar-refractivity contribution >= 4 is 11.4 Å². The van der Waals surface area contributed by atoms with E-state index in [9.17, 15) is 0 Å². The Morgan fingerprint density at radius 3 is 2.27 bits per heavy atom. The number of hydrogen-bond donors (Lipinski definition) is 2. The Balaban J connectivity index is 1.61. The molecule has 2 heteroatoms. The average Bonchev–Trinajstić information content (AvgIpc) is 2.66. The normalized spacial score (nSPS) is 20.2. The van der Waals surface area contributed by atoms with E-state index >= 15 is 0 Å². The number of nitrogen functional groups attached to an aromatic ring is 2. The second-order valence-corrected chi connectivity index (χ2v) is 8.05. The van der Waals surface area contributed by atoms with Gasteiger partial charge in [-0.05, 0) is 60.8 Å². The van der Waals surface area contributed by atoms with Crippen LogP contribution in [0.5, 0.6) is 0 Å². The van der Waals surface area contributed by atoms with Gasteiger partial charge in [-0.1, -0.05) is 62.9 Å². The van der Waals surface area contributed by atoms with E-state index in [1.165, 1.54) is 62.5 Å². The van der Waals surface area contributed by atoms with Crippen molar-refractivity contribution in [2.24, 2.45) is 5.92 Å². The van der Waals surface area contributed by atoms with E-state index < -0.39 is 0 Å². The van der Waals surface area contributed by atoms with Crippen molar-refractivity contribution in [2.45, 2.75) is 70.6 Å². The largest absolute Gasteiger partial charge is 0.398 e. The number of anilines is 2. The molecule has 0 atom stereocenters. The van der Waals surface area contributed by atoms with Crippen LogP contribution in [0.1, 0.15) is 80.9 Å². The van der Waals surface area contributed by atoms with E-state index in [0.29, 0.717) is 0 Å². The lowest BCUT2D eigenvalue weighted by Crippen LogP contribution is -2.13. The van der Waals surface area contributed by atoms with Crippen molar-refractivity contribution in [1.29, 1.82) is 0 Å². The van der Waals surface area contributed by atoms with Gasteiger partial charge in [-0.2, -0.15) is 0 Å². The summed E-state index contributed by atoms with van der Waals surface area (Å²) in [6, 6.07) is 14.9. The van der Waals surface area contributed by atoms with Crippen LogP contribution in [0.15, 0.2) is 42.5 Å². The minimum absolute atomic E-state index is 0.725. The number of benzene rings is 2. The van der Waals surface area contributed by atoms with E-state index in [-0.39, 0.29) is 0 Å². The predicted octanol–water partition coefficient (Wildman–Crippen LogP) is 6.30. The van der Waals surface area contributed by atoms with E-state index in [1.807, 2.05) is 18.2 Å². The molecule has 0 aromatic heterocycles. The van der Waals surface area contributed by atoms with Crippen LogP contribution in [-0.4, -0.2) is 0 Å². The molecule has 1 aliphatic rings. The smallest absolute Gasteiger partial charge is 0.0370 e. The van der Waals surface area contributed by atoms with Crippen LogP contribution in [0.3, 0.4) is 0 Å². The maximum Gasteiger partial charge on any atom is 0.0370 e. The van der Waals surface area contributed by atoms with Gasteiger partial charge in [0.25, 0.3) is 0 Å². The van der Waals surface area contributed by atoms with Gasteiger partial charge in [0, 0.05) is 23.4 Å². The number of nitrogens with two attached hydrogens (primary N) is 2. The van der Waals surface area contributed by atoms with Crippen LogP contribution >= 0.6 is 0 Å². The van der Waals surface area contributed by atoms with Gasteiger partial charge in [0.15, 0.2) is 0 Å². The van der Waals surface area contributed by atoms with E-state index in [0.717, 1.165) is 35.2 Å². The Morgan fingerprint density at radius 1 is 0.885 bits per heavy atom. The average molecular weight is 351 g/mol. The van der Waals surface area contributed by atoms with Crippen LogP contribution in [-0.2, 0) is 6.42 Å². The summed E-state index contributed by atoms with van der Waals surface area (Å²) in [6.45, 7) is 2.29. The molecule has 0 bridgehead atoms. The molecule has 0 spiro atoms. The minimum atomic E-state index is 0.725. The lowest BCUT2D eigenvalue weighted by molar-refractivity contribution is 0.302. The number of unbranched alkanes of at least 4 members (excludes halogenated alkanes) is 2. The summed E-state index contributed by atoms with van der Waals surface area (Å²) in [4.78, 5) is 0. The Labute approximate surface area is 159 Å². The van der Waals surface area contributed by atoms with Crippen LogP contribution in [0.4, 0.5) is 11.4 Å². The topological polar surface area (TPSA) is 52.0 Å². The fourth-order valence-corrected chi connectivity index (χ4v) is 4.46. The van der Waals surface area contributed by atoms with Crippen molar-refractivity contribution in [3.05, 3.63) is 59.2 Å². The molecule has 1 aliphatic carbocycles. The molecule has 4 N–H and O–H groups in total. The standard InChI is InChI=1S/C24H34N2/c1-2-3-4-7-18-12-14-20(15-13-18)21-9-5-8-19(16-21)17-22-23(25)10-6-11-24(22)26/h5-6,8-11,16,18,20H,2-4,7,12-15,17,25-26H2,1H3. The van der Waals surface area contributed by atoms with Crippen molar-refractivity contribution < 1.29 is 0 Å². The van der Waals surface area contributed by atoms with E-state index in [2.05, 4.69) is 31.2 Å². The molecule has 26 heavy (non-hydrogen) atoms. The van der Waals surface area contributed by atoms with Gasteiger partial charge >= 0.3 is 0 Å². The Kier molecular flexibility index (Phi) is 6.60. The fourth-order valence-electron chi connectivity index (χ4n) is 4.46. The molecule has 2 nitrogen and oxygen atoms in total. The minimum Gasteiger partial charge on any atom is -0.398 e. The third kappa shape index (κ3) is 4.81. The van der Waals surface area contributed by atoms with Gasteiger partial charge in [0.2, 0.25) is 0 Å². The van der Waals surface area contributed by atoms with Gasteiger partial charge in [0.1, 0.15) is 0 Å². The highest BCUT2D eigenvalue weighted by Gasteiger charge is 2.22. The SMILES string of the molecule is CCCCCC1CCC(c2cccc(Cc3c(N)cccc3N)c2)CC1. The highest BCUT2D eigenvalue weighted by molar-refractivity contribution is 5.62. The van der Waals surface area contributed by atoms with Crippen molar-refractivity contribution in [2.75, 3.05) is 11.5 Å². The van der Waals surface area contributed by atoms with Crippen molar-refractivity contribution in [3.8, 4) is 0 Å². The highest BCUT2D eigenvalue weighted by Crippen LogP contribution is 2.38. The second kappa shape index (κ2) is 9.12. The lowest BCUT2D eigenvalue weighted by atomic mass is 9.76. The molecule has 140 valence electrons. The summed E-state index contributed by atoms with van der Waals surface area (Å²) in [5.74, 6) is 1.69. The molecular weight excluding hydrogens is 316 g/mol. The molecule has 0 saturated heterocycles. The van der Waals surface area contributed by atoms with Gasteiger partial charge in [0.05, 0.1) is 0 Å². The Hall–Kier alpha value is -1.96. The fraction of sp³-hybridized carbons (Fsp3) is 0.500. The molecule has 0 amide bonds. The van der Waals surface area contributed by atoms with Gasteiger partial charge in [-0.15, -0.1) is 0 Å². The summed E-state index contributed by atoms with van der Waals surface area (Å²) >= 11 is 0. The third-order valence-corrected chi connectivity index (χ3v) is 6.11. The second-order valence-electron chi connectivity index (χ2n) is 8.05. The van der Waals surface area contributed by atoms with Crippen LogP contribution in [0.25, 0.3) is 0 Å². The molecule has 0 heterocycles. The Bertz CT molecular complexity index is 679. The summed E-state index contributed by atoms with van der Waals surface area (Å²) in [5, 5.41) is 0.